The second-order valence-corrected chi connectivity index (χ2v) is 7.12. The van der Waals surface area contributed by atoms with Gasteiger partial charge in [-0.15, -0.1) is 0 Å². The van der Waals surface area contributed by atoms with Gasteiger partial charge in [0.05, 0.1) is 5.97 Å². The molecule has 0 heterocycles. The molecule has 146 valence electrons. The number of carbonyl (C=O) groups is 2. The Balaban J connectivity index is -0.00000220. The third-order valence-corrected chi connectivity index (χ3v) is 6.17. The van der Waals surface area contributed by atoms with E-state index in [1.54, 1.807) is 0 Å². The highest BCUT2D eigenvalue weighted by Gasteiger charge is 2.59. The van der Waals surface area contributed by atoms with E-state index in [-0.39, 0.29) is 31.6 Å². The molecule has 9 nitrogen and oxygen atoms in total. The van der Waals surface area contributed by atoms with Crippen molar-refractivity contribution in [3.8, 4) is 0 Å². The highest BCUT2D eigenvalue weighted by Crippen LogP contribution is 2.46. The van der Waals surface area contributed by atoms with Gasteiger partial charge < -0.3 is 32.1 Å². The average Bonchev–Trinajstić information content (AvgIpc) is 2.40. The van der Waals surface area contributed by atoms with Crippen LogP contribution in [0.25, 0.3) is 0 Å². The van der Waals surface area contributed by atoms with Crippen molar-refractivity contribution in [1.82, 2.24) is 12.3 Å². The van der Waals surface area contributed by atoms with Crippen molar-refractivity contribution < 1.29 is 32.8 Å². The van der Waals surface area contributed by atoms with Gasteiger partial charge in [0.1, 0.15) is 4.75 Å². The molecule has 1 atom stereocenters. The van der Waals surface area contributed by atoms with E-state index in [9.17, 15) is 32.8 Å². The summed E-state index contributed by atoms with van der Waals surface area (Å²) in [5.74, 6) is -3.91. The van der Waals surface area contributed by atoms with Gasteiger partial charge in [-0.05, 0) is 19.3 Å². The minimum atomic E-state index is -5.22. The van der Waals surface area contributed by atoms with E-state index in [0.717, 1.165) is 12.8 Å². The maximum atomic E-state index is 11.9. The summed E-state index contributed by atoms with van der Waals surface area (Å²) in [6.45, 7) is 4.63. The number of aliphatic carboxylic acids is 2. The Hall–Kier alpha value is -1.23. The second kappa shape index (κ2) is 10.6. The van der Waals surface area contributed by atoms with Gasteiger partial charge in [-0.3, -0.25) is 4.55 Å². The molecule has 0 saturated heterocycles. The molecule has 0 bridgehead atoms. The van der Waals surface area contributed by atoms with Crippen LogP contribution in [0, 0.1) is 5.41 Å². The minimum absolute atomic E-state index is 0. The maximum absolute atomic E-state index is 11.9. The van der Waals surface area contributed by atoms with Crippen molar-refractivity contribution >= 4 is 22.1 Å². The third-order valence-electron chi connectivity index (χ3n) is 4.52. The molecule has 0 aromatic heterocycles. The molecule has 24 heavy (non-hydrogen) atoms. The van der Waals surface area contributed by atoms with Crippen molar-refractivity contribution in [2.45, 2.75) is 70.5 Å². The van der Waals surface area contributed by atoms with Gasteiger partial charge in [0.25, 0.3) is 10.1 Å². The molecule has 0 aromatic carbocycles. The summed E-state index contributed by atoms with van der Waals surface area (Å²) in [6.07, 6.45) is 1.10. The Labute approximate surface area is 143 Å². The summed E-state index contributed by atoms with van der Waals surface area (Å²) in [6, 6.07) is 0. The Morgan fingerprint density at radius 1 is 0.917 bits per heavy atom. The van der Waals surface area contributed by atoms with Crippen LogP contribution in [0.5, 0.6) is 0 Å². The highest BCUT2D eigenvalue weighted by atomic mass is 32.2. The molecule has 9 N–H and O–H groups in total. The summed E-state index contributed by atoms with van der Waals surface area (Å²) in [7, 11) is -5.22. The summed E-state index contributed by atoms with van der Waals surface area (Å²) < 4.78 is 30.4. The van der Waals surface area contributed by atoms with Crippen LogP contribution in [0.2, 0.25) is 0 Å². The molecular weight excluding hydrogens is 340 g/mol. The lowest BCUT2D eigenvalue weighted by Gasteiger charge is -2.49. The zero-order valence-corrected chi connectivity index (χ0v) is 16.1. The number of carboxylic acids is 2. The standard InChI is InChI=1S/C14H26O7S.2H3N/c1-4-7-8-9-10-14(12(17)18,22(19,20)21)13(5-2,6-3)11(15)16;;/h4-10H2,1-3H3,(H,15,16)(H,17,18)(H,19,20,21);2*1H3. The van der Waals surface area contributed by atoms with Gasteiger partial charge in [-0.2, -0.15) is 8.42 Å². The van der Waals surface area contributed by atoms with Gasteiger partial charge in [0.2, 0.25) is 0 Å². The lowest BCUT2D eigenvalue weighted by Crippen LogP contribution is -2.68. The molecule has 0 radical (unpaired) electrons. The number of unbranched alkanes of at least 4 members (excludes halogenated alkanes) is 3. The molecule has 0 amide bonds. The van der Waals surface area contributed by atoms with Crippen molar-refractivity contribution in [3.05, 3.63) is 0 Å². The number of quaternary nitrogens is 2. The van der Waals surface area contributed by atoms with Gasteiger partial charge in [0.15, 0.2) is 0 Å². The normalized spacial score (nSPS) is 14.0. The van der Waals surface area contributed by atoms with Crippen LogP contribution in [-0.2, 0) is 19.7 Å². The molecule has 0 saturated carbocycles. The smallest absolute Gasteiger partial charge is 0.277 e. The van der Waals surface area contributed by atoms with Gasteiger partial charge in [0, 0.05) is 11.4 Å². The summed E-state index contributed by atoms with van der Waals surface area (Å²) in [5, 5.41) is 23.3. The van der Waals surface area contributed by atoms with E-state index in [1.807, 2.05) is 6.92 Å². The predicted octanol–water partition coefficient (Wildman–Crippen LogP) is 0.642. The van der Waals surface area contributed by atoms with E-state index in [1.165, 1.54) is 13.8 Å². The fourth-order valence-electron chi connectivity index (χ4n) is 3.09. The molecular formula is C14H32N2O7S. The van der Waals surface area contributed by atoms with Crippen LogP contribution < -0.4 is 22.5 Å². The van der Waals surface area contributed by atoms with E-state index in [0.29, 0.717) is 6.42 Å². The molecule has 10 heteroatoms. The van der Waals surface area contributed by atoms with Crippen molar-refractivity contribution in [1.29, 1.82) is 0 Å². The van der Waals surface area contributed by atoms with Crippen LogP contribution in [0.15, 0.2) is 0 Å². The molecule has 0 spiro atoms. The largest absolute Gasteiger partial charge is 0.549 e. The lowest BCUT2D eigenvalue weighted by atomic mass is 9.68. The van der Waals surface area contributed by atoms with Gasteiger partial charge >= 0.3 is 0 Å². The first-order valence-electron chi connectivity index (χ1n) is 7.47. The summed E-state index contributed by atoms with van der Waals surface area (Å²) in [4.78, 5) is 23.3. The first-order chi connectivity index (χ1) is 10.1. The Morgan fingerprint density at radius 2 is 1.38 bits per heavy atom. The van der Waals surface area contributed by atoms with Crippen molar-refractivity contribution in [2.75, 3.05) is 0 Å². The fraction of sp³-hybridized carbons (Fsp3) is 0.857. The van der Waals surface area contributed by atoms with Crippen LogP contribution in [-0.4, -0.2) is 29.7 Å². The number of carbonyl (C=O) groups excluding carboxylic acids is 2. The van der Waals surface area contributed by atoms with Crippen molar-refractivity contribution in [3.63, 3.8) is 0 Å². The van der Waals surface area contributed by atoms with E-state index in [2.05, 4.69) is 0 Å². The first kappa shape index (κ1) is 27.6. The highest BCUT2D eigenvalue weighted by molar-refractivity contribution is 7.88. The van der Waals surface area contributed by atoms with Crippen LogP contribution >= 0.6 is 0 Å². The predicted molar refractivity (Wildman–Crippen MR) is 88.0 cm³/mol. The number of carboxylic acid groups (broad SMARTS) is 2. The molecule has 0 fully saturated rings. The molecule has 0 rings (SSSR count). The number of rotatable bonds is 11. The van der Waals surface area contributed by atoms with Crippen LogP contribution in [0.3, 0.4) is 0 Å². The van der Waals surface area contributed by atoms with Crippen LogP contribution in [0.4, 0.5) is 0 Å². The van der Waals surface area contributed by atoms with E-state index < -0.39 is 38.6 Å². The van der Waals surface area contributed by atoms with E-state index in [4.69, 9.17) is 0 Å². The van der Waals surface area contributed by atoms with Crippen molar-refractivity contribution in [2.24, 2.45) is 5.41 Å². The quantitative estimate of drug-likeness (QED) is 0.347. The Kier molecular flexibility index (Phi) is 12.2. The fourth-order valence-corrected chi connectivity index (χ4v) is 4.57. The summed E-state index contributed by atoms with van der Waals surface area (Å²) in [5.41, 5.74) is -2.24. The van der Waals surface area contributed by atoms with Crippen LogP contribution in [0.1, 0.15) is 65.7 Å². The minimum Gasteiger partial charge on any atom is -0.549 e. The molecule has 0 aliphatic carbocycles. The molecule has 0 aromatic rings. The Bertz CT molecular complexity index is 503. The second-order valence-electron chi connectivity index (χ2n) is 5.48. The molecule has 1 unspecified atom stereocenters. The maximum Gasteiger partial charge on any atom is 0.277 e. The average molecular weight is 372 g/mol. The number of hydrogen-bond acceptors (Lipinski definition) is 6. The zero-order chi connectivity index (χ0) is 17.6. The Morgan fingerprint density at radius 3 is 1.62 bits per heavy atom. The topological polar surface area (TPSA) is 208 Å². The number of hydrogen-bond donors (Lipinski definition) is 3. The zero-order valence-electron chi connectivity index (χ0n) is 15.3. The molecule has 0 aliphatic rings. The SMILES string of the molecule is CCCCCCC(C(=O)[O-])(C(CC)(CC)C(=O)[O-])S(=O)(=O)O.[NH4+].[NH4+]. The monoisotopic (exact) mass is 372 g/mol. The van der Waals surface area contributed by atoms with Gasteiger partial charge in [-0.1, -0.05) is 46.5 Å². The first-order valence-corrected chi connectivity index (χ1v) is 8.91. The van der Waals surface area contributed by atoms with Gasteiger partial charge in [-0.25, -0.2) is 0 Å². The van der Waals surface area contributed by atoms with E-state index >= 15 is 0 Å². The lowest BCUT2D eigenvalue weighted by molar-refractivity contribution is -0.333. The molecule has 0 aliphatic heterocycles. The summed E-state index contributed by atoms with van der Waals surface area (Å²) >= 11 is 0. The third kappa shape index (κ3) is 4.65.